The third-order valence-electron chi connectivity index (χ3n) is 5.41. The Morgan fingerprint density at radius 2 is 1.50 bits per heavy atom. The number of aromatic hydroxyl groups is 1. The molecule has 0 saturated carbocycles. The number of sulfonamides is 1. The Hall–Kier alpha value is -3.67. The second kappa shape index (κ2) is 13.8. The lowest BCUT2D eigenvalue weighted by Crippen LogP contribution is -2.49. The predicted octanol–water partition coefficient (Wildman–Crippen LogP) is 2.40. The van der Waals surface area contributed by atoms with Gasteiger partial charge < -0.3 is 15.7 Å². The first-order chi connectivity index (χ1) is 18.1. The van der Waals surface area contributed by atoms with E-state index in [1.807, 2.05) is 6.92 Å². The summed E-state index contributed by atoms with van der Waals surface area (Å²) in [7, 11) is -4.00. The second-order valence-electron chi connectivity index (χ2n) is 8.44. The first-order valence-electron chi connectivity index (χ1n) is 11.8. The molecule has 0 spiro atoms. The standard InChI is InChI=1S/C27H29N3O6S2/c1-19-7-13-23(14-8-19)38(35,36)30-24(17-20-9-11-22(31)12-10-20)26(33)29-16-15-28-25(32)18-37-27(34)21-5-3-2-4-6-21/h2-14,24,30-31H,15-18H2,1H3,(H,28,32)(H,29,33). The van der Waals surface area contributed by atoms with Crippen molar-refractivity contribution >= 4 is 38.7 Å². The third kappa shape index (κ3) is 9.02. The lowest BCUT2D eigenvalue weighted by Gasteiger charge is -2.19. The Balaban J connectivity index is 1.54. The van der Waals surface area contributed by atoms with Gasteiger partial charge in [-0.25, -0.2) is 8.42 Å². The molecule has 1 unspecified atom stereocenters. The summed E-state index contributed by atoms with van der Waals surface area (Å²) in [4.78, 5) is 37.2. The average molecular weight is 556 g/mol. The highest BCUT2D eigenvalue weighted by Gasteiger charge is 2.26. The maximum atomic E-state index is 12.9. The number of amides is 2. The minimum absolute atomic E-state index is 0.0291. The zero-order valence-corrected chi connectivity index (χ0v) is 22.3. The molecule has 1 atom stereocenters. The Morgan fingerprint density at radius 1 is 0.868 bits per heavy atom. The first kappa shape index (κ1) is 28.9. The number of rotatable bonds is 12. The van der Waals surface area contributed by atoms with Crippen LogP contribution in [0.4, 0.5) is 0 Å². The van der Waals surface area contributed by atoms with Crippen molar-refractivity contribution in [3.8, 4) is 5.75 Å². The van der Waals surface area contributed by atoms with Crippen molar-refractivity contribution < 1.29 is 27.9 Å². The molecule has 0 radical (unpaired) electrons. The number of thioether (sulfide) groups is 1. The van der Waals surface area contributed by atoms with E-state index in [1.165, 1.54) is 24.3 Å². The smallest absolute Gasteiger partial charge is 0.241 e. The molecule has 0 aromatic heterocycles. The van der Waals surface area contributed by atoms with Crippen LogP contribution in [0.3, 0.4) is 0 Å². The summed E-state index contributed by atoms with van der Waals surface area (Å²) < 4.78 is 28.3. The minimum Gasteiger partial charge on any atom is -0.508 e. The van der Waals surface area contributed by atoms with Crippen LogP contribution in [0.5, 0.6) is 5.75 Å². The van der Waals surface area contributed by atoms with E-state index in [0.717, 1.165) is 17.3 Å². The van der Waals surface area contributed by atoms with E-state index in [9.17, 15) is 27.9 Å². The number of benzene rings is 3. The van der Waals surface area contributed by atoms with Crippen molar-refractivity contribution in [2.75, 3.05) is 18.8 Å². The van der Waals surface area contributed by atoms with Gasteiger partial charge in [0.25, 0.3) is 0 Å². The highest BCUT2D eigenvalue weighted by molar-refractivity contribution is 8.14. The van der Waals surface area contributed by atoms with Gasteiger partial charge in [0, 0.05) is 18.7 Å². The number of hydrogen-bond acceptors (Lipinski definition) is 7. The van der Waals surface area contributed by atoms with Gasteiger partial charge in [0.1, 0.15) is 11.8 Å². The molecule has 3 aromatic carbocycles. The van der Waals surface area contributed by atoms with E-state index in [-0.39, 0.29) is 46.9 Å². The normalized spacial score (nSPS) is 11.9. The van der Waals surface area contributed by atoms with Crippen LogP contribution in [0.1, 0.15) is 21.5 Å². The average Bonchev–Trinajstić information content (AvgIpc) is 2.91. The summed E-state index contributed by atoms with van der Waals surface area (Å²) in [5.74, 6) is -0.957. The van der Waals surface area contributed by atoms with Gasteiger partial charge in [-0.3, -0.25) is 14.4 Å². The van der Waals surface area contributed by atoms with Gasteiger partial charge in [0.2, 0.25) is 27.0 Å². The Labute approximate surface area is 226 Å². The van der Waals surface area contributed by atoms with Crippen molar-refractivity contribution in [3.05, 3.63) is 95.6 Å². The van der Waals surface area contributed by atoms with Crippen LogP contribution < -0.4 is 15.4 Å². The molecule has 0 aliphatic rings. The number of aryl methyl sites for hydroxylation is 1. The van der Waals surface area contributed by atoms with Gasteiger partial charge >= 0.3 is 0 Å². The van der Waals surface area contributed by atoms with Crippen LogP contribution in [-0.4, -0.2) is 55.3 Å². The van der Waals surface area contributed by atoms with Crippen LogP contribution in [0.15, 0.2) is 83.8 Å². The van der Waals surface area contributed by atoms with Crippen LogP contribution in [0.2, 0.25) is 0 Å². The summed E-state index contributed by atoms with van der Waals surface area (Å²) in [6.45, 7) is 1.99. The molecule has 0 heterocycles. The summed E-state index contributed by atoms with van der Waals surface area (Å²) in [6, 6.07) is 19.8. The number of nitrogens with one attached hydrogen (secondary N) is 3. The summed E-state index contributed by atoms with van der Waals surface area (Å²) >= 11 is 0.881. The minimum atomic E-state index is -4.00. The third-order valence-corrected chi connectivity index (χ3v) is 7.80. The fraction of sp³-hybridized carbons (Fsp3) is 0.222. The molecule has 2 amide bonds. The second-order valence-corrected chi connectivity index (χ2v) is 11.1. The van der Waals surface area contributed by atoms with Gasteiger partial charge in [-0.2, -0.15) is 4.72 Å². The SMILES string of the molecule is Cc1ccc(S(=O)(=O)NC(Cc2ccc(O)cc2)C(=O)NCCNC(=O)CSC(=O)c2ccccc2)cc1. The topological polar surface area (TPSA) is 142 Å². The van der Waals surface area contributed by atoms with Crippen molar-refractivity contribution in [3.63, 3.8) is 0 Å². The molecule has 200 valence electrons. The van der Waals surface area contributed by atoms with Crippen LogP contribution >= 0.6 is 11.8 Å². The molecule has 0 saturated heterocycles. The van der Waals surface area contributed by atoms with Gasteiger partial charge in [-0.1, -0.05) is 71.9 Å². The molecule has 4 N–H and O–H groups in total. The number of carbonyl (C=O) groups is 3. The molecule has 0 aliphatic heterocycles. The molecule has 11 heteroatoms. The van der Waals surface area contributed by atoms with Crippen molar-refractivity contribution in [1.29, 1.82) is 0 Å². The van der Waals surface area contributed by atoms with Crippen molar-refractivity contribution in [2.24, 2.45) is 0 Å². The Morgan fingerprint density at radius 3 is 2.16 bits per heavy atom. The zero-order chi connectivity index (χ0) is 27.5. The Kier molecular flexibility index (Phi) is 10.5. The van der Waals surface area contributed by atoms with E-state index in [2.05, 4.69) is 15.4 Å². The van der Waals surface area contributed by atoms with Crippen molar-refractivity contribution in [1.82, 2.24) is 15.4 Å². The molecular formula is C27H29N3O6S2. The molecule has 0 fully saturated rings. The predicted molar refractivity (Wildman–Crippen MR) is 146 cm³/mol. The summed E-state index contributed by atoms with van der Waals surface area (Å²) in [6.07, 6.45) is 0.0435. The zero-order valence-electron chi connectivity index (χ0n) is 20.7. The Bertz CT molecular complexity index is 1350. The monoisotopic (exact) mass is 555 g/mol. The van der Waals surface area contributed by atoms with Crippen LogP contribution in [-0.2, 0) is 26.0 Å². The van der Waals surface area contributed by atoms with Crippen LogP contribution in [0, 0.1) is 6.92 Å². The largest absolute Gasteiger partial charge is 0.508 e. The highest BCUT2D eigenvalue weighted by Crippen LogP contribution is 2.15. The van der Waals surface area contributed by atoms with Crippen LogP contribution in [0.25, 0.3) is 0 Å². The molecule has 0 bridgehead atoms. The number of hydrogen-bond donors (Lipinski definition) is 4. The van der Waals surface area contributed by atoms with Gasteiger partial charge in [-0.05, 0) is 43.2 Å². The fourth-order valence-corrected chi connectivity index (χ4v) is 5.24. The van der Waals surface area contributed by atoms with E-state index in [4.69, 9.17) is 0 Å². The summed E-state index contributed by atoms with van der Waals surface area (Å²) in [5.41, 5.74) is 2.04. The van der Waals surface area contributed by atoms with E-state index < -0.39 is 22.0 Å². The number of phenols is 1. The van der Waals surface area contributed by atoms with Gasteiger partial charge in [-0.15, -0.1) is 0 Å². The molecule has 0 aliphatic carbocycles. The highest BCUT2D eigenvalue weighted by atomic mass is 32.2. The maximum Gasteiger partial charge on any atom is 0.241 e. The molecule has 9 nitrogen and oxygen atoms in total. The molecule has 38 heavy (non-hydrogen) atoms. The number of carbonyl (C=O) groups excluding carboxylic acids is 3. The lowest BCUT2D eigenvalue weighted by atomic mass is 10.1. The first-order valence-corrected chi connectivity index (χ1v) is 14.2. The van der Waals surface area contributed by atoms with E-state index >= 15 is 0 Å². The molecule has 3 rings (SSSR count). The quantitative estimate of drug-likeness (QED) is 0.252. The molecule has 3 aromatic rings. The molecular weight excluding hydrogens is 526 g/mol. The lowest BCUT2D eigenvalue weighted by molar-refractivity contribution is -0.123. The van der Waals surface area contributed by atoms with Crippen molar-refractivity contribution in [2.45, 2.75) is 24.3 Å². The van der Waals surface area contributed by atoms with E-state index in [0.29, 0.717) is 11.1 Å². The number of phenolic OH excluding ortho intramolecular Hbond substituents is 1. The van der Waals surface area contributed by atoms with Gasteiger partial charge in [0.05, 0.1) is 10.6 Å². The van der Waals surface area contributed by atoms with E-state index in [1.54, 1.807) is 54.6 Å². The van der Waals surface area contributed by atoms with Gasteiger partial charge in [0.15, 0.2) is 0 Å². The maximum absolute atomic E-state index is 12.9. The fourth-order valence-electron chi connectivity index (χ4n) is 3.38. The summed E-state index contributed by atoms with van der Waals surface area (Å²) in [5, 5.41) is 14.6.